The molecule has 0 spiro atoms. The number of rotatable bonds is 9. The average Bonchev–Trinajstić information content (AvgIpc) is 2.56. The molecule has 30 heavy (non-hydrogen) atoms. The van der Waals surface area contributed by atoms with Crippen molar-refractivity contribution in [3.05, 3.63) is 12.2 Å². The van der Waals surface area contributed by atoms with Crippen molar-refractivity contribution in [3.63, 3.8) is 0 Å². The van der Waals surface area contributed by atoms with E-state index in [-0.39, 0.29) is 6.42 Å². The smallest absolute Gasteiger partial charge is 0.456 e. The minimum Gasteiger partial charge on any atom is -0.456 e. The number of halogens is 15. The van der Waals surface area contributed by atoms with Crippen LogP contribution in [0.25, 0.3) is 0 Å². The van der Waals surface area contributed by atoms with Gasteiger partial charge in [0.15, 0.2) is 6.61 Å². The van der Waals surface area contributed by atoms with Gasteiger partial charge in [0.1, 0.15) is 0 Å². The van der Waals surface area contributed by atoms with E-state index < -0.39 is 59.9 Å². The molecule has 0 heterocycles. The lowest BCUT2D eigenvalue weighted by atomic mass is 9.91. The highest BCUT2D eigenvalue weighted by molar-refractivity contribution is 5.87. The Morgan fingerprint density at radius 1 is 0.667 bits per heavy atom. The molecule has 0 aliphatic rings. The summed E-state index contributed by atoms with van der Waals surface area (Å²) in [4.78, 5) is 11.0. The molecule has 0 unspecified atom stereocenters. The van der Waals surface area contributed by atoms with E-state index in [1.54, 1.807) is 0 Å². The molecule has 0 aliphatic heterocycles. The molecule has 0 atom stereocenters. The first-order chi connectivity index (χ1) is 12.9. The van der Waals surface area contributed by atoms with Gasteiger partial charge in [0.05, 0.1) is 0 Å². The van der Waals surface area contributed by atoms with Gasteiger partial charge >= 0.3 is 47.7 Å². The predicted octanol–water partition coefficient (Wildman–Crippen LogP) is 5.87. The summed E-state index contributed by atoms with van der Waals surface area (Å²) in [5, 5.41) is 0. The Kier molecular flexibility index (Phi) is 7.22. The molecule has 0 saturated heterocycles. The first kappa shape index (κ1) is 28.2. The fourth-order valence-electron chi connectivity index (χ4n) is 1.49. The third-order valence-electron chi connectivity index (χ3n) is 3.49. The minimum atomic E-state index is -8.37. The Labute approximate surface area is 156 Å². The van der Waals surface area contributed by atoms with E-state index in [1.165, 1.54) is 0 Å². The zero-order chi connectivity index (χ0) is 24.8. The molecule has 0 saturated carbocycles. The zero-order valence-electron chi connectivity index (χ0n) is 14.1. The van der Waals surface area contributed by atoms with E-state index in [4.69, 9.17) is 0 Å². The number of esters is 1. The van der Waals surface area contributed by atoms with Crippen molar-refractivity contribution in [2.75, 3.05) is 6.61 Å². The van der Waals surface area contributed by atoms with Crippen molar-refractivity contribution in [3.8, 4) is 0 Å². The number of carbonyl (C=O) groups excluding carboxylic acids is 1. The summed E-state index contributed by atoms with van der Waals surface area (Å²) in [5.74, 6) is -49.2. The fourth-order valence-corrected chi connectivity index (χ4v) is 1.49. The second-order valence-corrected chi connectivity index (χ2v) is 5.61. The van der Waals surface area contributed by atoms with Crippen molar-refractivity contribution < 1.29 is 75.4 Å². The van der Waals surface area contributed by atoms with Crippen LogP contribution in [0.2, 0.25) is 0 Å². The van der Waals surface area contributed by atoms with E-state index >= 15 is 0 Å². The van der Waals surface area contributed by atoms with Crippen LogP contribution < -0.4 is 0 Å². The van der Waals surface area contributed by atoms with Gasteiger partial charge in [-0.2, -0.15) is 65.9 Å². The van der Waals surface area contributed by atoms with Gasteiger partial charge < -0.3 is 4.74 Å². The van der Waals surface area contributed by atoms with Gasteiger partial charge in [0.2, 0.25) is 0 Å². The van der Waals surface area contributed by atoms with E-state index in [0.717, 1.165) is 6.92 Å². The van der Waals surface area contributed by atoms with Crippen LogP contribution in [-0.4, -0.2) is 54.3 Å². The first-order valence-electron chi connectivity index (χ1n) is 7.05. The Morgan fingerprint density at radius 3 is 1.33 bits per heavy atom. The Balaban J connectivity index is 6.23. The first-order valence-corrected chi connectivity index (χ1v) is 7.05. The van der Waals surface area contributed by atoms with Crippen LogP contribution >= 0.6 is 0 Å². The van der Waals surface area contributed by atoms with Crippen LogP contribution in [0.5, 0.6) is 0 Å². The third-order valence-corrected chi connectivity index (χ3v) is 3.49. The molecular formula is C13H9F15O2. The number of alkyl halides is 15. The Morgan fingerprint density at radius 2 is 1.00 bits per heavy atom. The van der Waals surface area contributed by atoms with Crippen molar-refractivity contribution in [1.82, 2.24) is 0 Å². The van der Waals surface area contributed by atoms with Crippen LogP contribution in [0.3, 0.4) is 0 Å². The molecule has 17 heteroatoms. The largest absolute Gasteiger partial charge is 0.460 e. The van der Waals surface area contributed by atoms with Crippen molar-refractivity contribution in [1.29, 1.82) is 0 Å². The van der Waals surface area contributed by atoms with Gasteiger partial charge in [-0.15, -0.1) is 0 Å². The molecule has 0 fully saturated rings. The van der Waals surface area contributed by atoms with Crippen molar-refractivity contribution in [2.45, 2.75) is 55.1 Å². The van der Waals surface area contributed by atoms with E-state index in [0.29, 0.717) is 0 Å². The van der Waals surface area contributed by atoms with Crippen LogP contribution in [0.4, 0.5) is 65.9 Å². The van der Waals surface area contributed by atoms with Crippen LogP contribution in [-0.2, 0) is 9.53 Å². The molecule has 0 aromatic rings. The number of ether oxygens (including phenoxy) is 1. The minimum absolute atomic E-state index is 0.367. The van der Waals surface area contributed by atoms with E-state index in [1.807, 2.05) is 0 Å². The molecule has 0 aromatic heterocycles. The molecule has 0 aliphatic carbocycles. The quantitative estimate of drug-likeness (QED) is 0.234. The lowest BCUT2D eigenvalue weighted by Gasteiger charge is -2.41. The standard InChI is InChI=1S/C13H9F15O2/c1-3-5(2)6(29)30-4-7(14,15)8(16,17)9(18,19)10(20,21)11(22,23)12(24,25)13(26,27)28/h2-4H2,1H3. The monoisotopic (exact) mass is 482 g/mol. The molecule has 178 valence electrons. The molecule has 0 rings (SSSR count). The second kappa shape index (κ2) is 7.69. The van der Waals surface area contributed by atoms with Crippen LogP contribution in [0.1, 0.15) is 13.3 Å². The van der Waals surface area contributed by atoms with E-state index in [2.05, 4.69) is 11.3 Å². The third kappa shape index (κ3) is 4.02. The molecule has 0 N–H and O–H groups in total. The van der Waals surface area contributed by atoms with Gasteiger partial charge in [-0.05, 0) is 6.42 Å². The molecular weight excluding hydrogens is 473 g/mol. The van der Waals surface area contributed by atoms with Gasteiger partial charge in [0.25, 0.3) is 0 Å². The second-order valence-electron chi connectivity index (χ2n) is 5.61. The van der Waals surface area contributed by atoms with Gasteiger partial charge in [-0.1, -0.05) is 13.5 Å². The maximum absolute atomic E-state index is 13.4. The molecule has 0 amide bonds. The Hall–Kier alpha value is -1.84. The van der Waals surface area contributed by atoms with Crippen LogP contribution in [0, 0.1) is 0 Å². The summed E-state index contributed by atoms with van der Waals surface area (Å²) in [6, 6.07) is 0. The highest BCUT2D eigenvalue weighted by Crippen LogP contribution is 2.62. The summed E-state index contributed by atoms with van der Waals surface area (Å²) in [6.45, 7) is 0.813. The molecule has 0 aromatic carbocycles. The molecule has 0 radical (unpaired) electrons. The summed E-state index contributed by atoms with van der Waals surface area (Å²) in [7, 11) is 0. The topological polar surface area (TPSA) is 26.3 Å². The average molecular weight is 482 g/mol. The maximum Gasteiger partial charge on any atom is 0.460 e. The Bertz CT molecular complexity index is 662. The predicted molar refractivity (Wildman–Crippen MR) is 66.1 cm³/mol. The maximum atomic E-state index is 13.4. The van der Waals surface area contributed by atoms with E-state index in [9.17, 15) is 70.7 Å². The molecule has 0 bridgehead atoms. The van der Waals surface area contributed by atoms with Crippen molar-refractivity contribution >= 4 is 5.97 Å². The van der Waals surface area contributed by atoms with Gasteiger partial charge in [-0.25, -0.2) is 4.79 Å². The summed E-state index contributed by atoms with van der Waals surface area (Å²) in [5.41, 5.74) is -0.720. The number of carbonyl (C=O) groups is 1. The normalized spacial score (nSPS) is 15.2. The summed E-state index contributed by atoms with van der Waals surface area (Å²) >= 11 is 0. The van der Waals surface area contributed by atoms with Crippen LogP contribution in [0.15, 0.2) is 12.2 Å². The highest BCUT2D eigenvalue weighted by Gasteiger charge is 2.93. The fraction of sp³-hybridized carbons (Fsp3) is 0.769. The number of hydrogen-bond acceptors (Lipinski definition) is 2. The molecule has 2 nitrogen and oxygen atoms in total. The zero-order valence-corrected chi connectivity index (χ0v) is 14.1. The SMILES string of the molecule is C=C(CC)C(=O)OCC(F)(F)C(F)(F)C(F)(F)C(F)(F)C(F)(F)C(F)(F)C(F)(F)F. The lowest BCUT2D eigenvalue weighted by Crippen LogP contribution is -2.73. The van der Waals surface area contributed by atoms with Gasteiger partial charge in [0, 0.05) is 5.57 Å². The van der Waals surface area contributed by atoms with Gasteiger partial charge in [-0.3, -0.25) is 0 Å². The number of hydrogen-bond donors (Lipinski definition) is 0. The highest BCUT2D eigenvalue weighted by atomic mass is 19.4. The lowest BCUT2D eigenvalue weighted by molar-refractivity contribution is -0.453. The summed E-state index contributed by atoms with van der Waals surface area (Å²) in [6.07, 6.45) is -8.03. The van der Waals surface area contributed by atoms with Crippen molar-refractivity contribution in [2.24, 2.45) is 0 Å². The summed E-state index contributed by atoms with van der Waals surface area (Å²) < 4.78 is 197.